The molecule has 0 aliphatic rings. The smallest absolute Gasteiger partial charge is 0.0185 e. The van der Waals surface area contributed by atoms with Crippen LogP contribution in [0.15, 0.2) is 61.7 Å². The summed E-state index contributed by atoms with van der Waals surface area (Å²) < 4.78 is 0. The molecule has 16 heavy (non-hydrogen) atoms. The van der Waals surface area contributed by atoms with Crippen molar-refractivity contribution in [2.24, 2.45) is 5.92 Å². The molecule has 0 spiro atoms. The highest BCUT2D eigenvalue weighted by atomic mass is 14.1. The summed E-state index contributed by atoms with van der Waals surface area (Å²) in [7, 11) is 0. The highest BCUT2D eigenvalue weighted by Gasteiger charge is 2.07. The van der Waals surface area contributed by atoms with Gasteiger partial charge in [-0.15, -0.1) is 13.2 Å². The van der Waals surface area contributed by atoms with Crippen LogP contribution in [-0.2, 0) is 0 Å². The van der Waals surface area contributed by atoms with Gasteiger partial charge >= 0.3 is 0 Å². The third-order valence-corrected chi connectivity index (χ3v) is 2.42. The van der Waals surface area contributed by atoms with Gasteiger partial charge in [-0.2, -0.15) is 0 Å². The van der Waals surface area contributed by atoms with Gasteiger partial charge in [0, 0.05) is 0 Å². The van der Waals surface area contributed by atoms with Gasteiger partial charge in [-0.3, -0.25) is 0 Å². The van der Waals surface area contributed by atoms with E-state index in [1.54, 1.807) is 0 Å². The van der Waals surface area contributed by atoms with Crippen molar-refractivity contribution in [1.29, 1.82) is 0 Å². The van der Waals surface area contributed by atoms with Crippen molar-refractivity contribution in [3.63, 3.8) is 0 Å². The maximum Gasteiger partial charge on any atom is -0.0185 e. The Morgan fingerprint density at radius 2 is 1.62 bits per heavy atom. The quantitative estimate of drug-likeness (QED) is 0.485. The molecule has 0 fully saturated rings. The van der Waals surface area contributed by atoms with Gasteiger partial charge in [-0.25, -0.2) is 0 Å². The van der Waals surface area contributed by atoms with Crippen molar-refractivity contribution < 1.29 is 0 Å². The summed E-state index contributed by atoms with van der Waals surface area (Å²) in [6, 6.07) is 10.4. The zero-order valence-electron chi connectivity index (χ0n) is 10.7. The Balaban J connectivity index is 0.00000106. The molecular formula is C16H22. The second-order valence-electron chi connectivity index (χ2n) is 3.75. The molecular weight excluding hydrogens is 192 g/mol. The monoisotopic (exact) mass is 214 g/mol. The lowest BCUT2D eigenvalue weighted by atomic mass is 9.91. The van der Waals surface area contributed by atoms with Gasteiger partial charge in [0.05, 0.1) is 0 Å². The van der Waals surface area contributed by atoms with E-state index in [2.05, 4.69) is 70.8 Å². The van der Waals surface area contributed by atoms with E-state index < -0.39 is 0 Å². The molecule has 0 radical (unpaired) electrons. The fourth-order valence-corrected chi connectivity index (χ4v) is 1.47. The predicted molar refractivity (Wildman–Crippen MR) is 75.3 cm³/mol. The van der Waals surface area contributed by atoms with Crippen LogP contribution in [0.4, 0.5) is 0 Å². The summed E-state index contributed by atoms with van der Waals surface area (Å²) in [6.45, 7) is 16.5. The van der Waals surface area contributed by atoms with E-state index in [0.717, 1.165) is 0 Å². The van der Waals surface area contributed by atoms with E-state index >= 15 is 0 Å². The molecule has 0 unspecified atom stereocenters. The molecule has 0 amide bonds. The molecule has 0 heterocycles. The molecule has 0 saturated heterocycles. The molecule has 0 aromatic heterocycles. The van der Waals surface area contributed by atoms with Crippen LogP contribution in [0.1, 0.15) is 26.3 Å². The molecule has 0 bridgehead atoms. The van der Waals surface area contributed by atoms with E-state index in [1.807, 2.05) is 6.07 Å². The summed E-state index contributed by atoms with van der Waals surface area (Å²) in [6.07, 6.45) is 2.14. The van der Waals surface area contributed by atoms with E-state index in [9.17, 15) is 0 Å². The molecule has 1 rings (SSSR count). The van der Waals surface area contributed by atoms with Crippen molar-refractivity contribution in [2.45, 2.75) is 20.8 Å². The second kappa shape index (κ2) is 7.70. The lowest BCUT2D eigenvalue weighted by Crippen LogP contribution is -1.95. The summed E-state index contributed by atoms with van der Waals surface area (Å²) >= 11 is 0. The Morgan fingerprint density at radius 1 is 1.12 bits per heavy atom. The minimum absolute atomic E-state index is 0.501. The standard InChI is InChI=1S/C14H18.C2H4/c1-5-14(12(4)11(2)3)13-9-7-6-8-10-13;1-2/h5-11H,4H2,1-3H3;1-2H2/b14-5+;. The Bertz CT molecular complexity index is 342. The molecule has 0 nitrogen and oxygen atoms in total. The molecule has 0 aliphatic carbocycles. The Kier molecular flexibility index (Phi) is 6.95. The van der Waals surface area contributed by atoms with Crippen molar-refractivity contribution in [3.05, 3.63) is 67.3 Å². The van der Waals surface area contributed by atoms with Crippen LogP contribution >= 0.6 is 0 Å². The first-order chi connectivity index (χ1) is 7.66. The molecule has 86 valence electrons. The highest BCUT2D eigenvalue weighted by molar-refractivity contribution is 5.78. The van der Waals surface area contributed by atoms with E-state index in [0.29, 0.717) is 5.92 Å². The zero-order valence-corrected chi connectivity index (χ0v) is 10.7. The van der Waals surface area contributed by atoms with Crippen LogP contribution in [-0.4, -0.2) is 0 Å². The van der Waals surface area contributed by atoms with Crippen molar-refractivity contribution >= 4 is 5.57 Å². The fourth-order valence-electron chi connectivity index (χ4n) is 1.47. The molecule has 0 saturated carbocycles. The summed E-state index contributed by atoms with van der Waals surface area (Å²) in [5.41, 5.74) is 3.73. The minimum atomic E-state index is 0.501. The maximum atomic E-state index is 4.13. The molecule has 0 atom stereocenters. The SMILES string of the molecule is C=C.C=C(/C(=C\C)c1ccccc1)C(C)C. The van der Waals surface area contributed by atoms with Crippen LogP contribution in [0.25, 0.3) is 5.57 Å². The van der Waals surface area contributed by atoms with E-state index in [-0.39, 0.29) is 0 Å². The Labute approximate surface area is 100 Å². The first-order valence-corrected chi connectivity index (χ1v) is 5.57. The number of benzene rings is 1. The van der Waals surface area contributed by atoms with Gasteiger partial charge in [0.25, 0.3) is 0 Å². The van der Waals surface area contributed by atoms with Gasteiger partial charge in [0.2, 0.25) is 0 Å². The van der Waals surface area contributed by atoms with Gasteiger partial charge in [-0.1, -0.05) is 56.8 Å². The first kappa shape index (κ1) is 14.4. The third kappa shape index (κ3) is 3.90. The average Bonchev–Trinajstić information content (AvgIpc) is 2.33. The maximum absolute atomic E-state index is 4.13. The lowest BCUT2D eigenvalue weighted by molar-refractivity contribution is 0.800. The number of allylic oxidation sites excluding steroid dienone is 3. The first-order valence-electron chi connectivity index (χ1n) is 5.57. The third-order valence-electron chi connectivity index (χ3n) is 2.42. The van der Waals surface area contributed by atoms with Crippen LogP contribution < -0.4 is 0 Å². The van der Waals surface area contributed by atoms with Crippen molar-refractivity contribution in [1.82, 2.24) is 0 Å². The van der Waals surface area contributed by atoms with Crippen LogP contribution in [0.3, 0.4) is 0 Å². The van der Waals surface area contributed by atoms with E-state index in [4.69, 9.17) is 0 Å². The summed E-state index contributed by atoms with van der Waals surface area (Å²) in [5, 5.41) is 0. The predicted octanol–water partition coefficient (Wildman–Crippen LogP) is 5.10. The summed E-state index contributed by atoms with van der Waals surface area (Å²) in [4.78, 5) is 0. The minimum Gasteiger partial charge on any atom is -0.106 e. The van der Waals surface area contributed by atoms with Crippen LogP contribution in [0.5, 0.6) is 0 Å². The average molecular weight is 214 g/mol. The zero-order chi connectivity index (χ0) is 12.6. The van der Waals surface area contributed by atoms with Crippen LogP contribution in [0.2, 0.25) is 0 Å². The van der Waals surface area contributed by atoms with E-state index in [1.165, 1.54) is 16.7 Å². The molecule has 1 aromatic carbocycles. The largest absolute Gasteiger partial charge is 0.106 e. The molecule has 1 aromatic rings. The highest BCUT2D eigenvalue weighted by Crippen LogP contribution is 2.26. The van der Waals surface area contributed by atoms with Gasteiger partial charge < -0.3 is 0 Å². The second-order valence-corrected chi connectivity index (χ2v) is 3.75. The van der Waals surface area contributed by atoms with Crippen LogP contribution in [0, 0.1) is 5.92 Å². The van der Waals surface area contributed by atoms with Crippen molar-refractivity contribution in [2.75, 3.05) is 0 Å². The summed E-state index contributed by atoms with van der Waals surface area (Å²) in [5.74, 6) is 0.501. The van der Waals surface area contributed by atoms with Gasteiger partial charge in [0.1, 0.15) is 0 Å². The number of hydrogen-bond donors (Lipinski definition) is 0. The normalized spacial score (nSPS) is 10.6. The van der Waals surface area contributed by atoms with Gasteiger partial charge in [0.15, 0.2) is 0 Å². The lowest BCUT2D eigenvalue weighted by Gasteiger charge is -2.13. The molecule has 0 aliphatic heterocycles. The molecule has 0 heteroatoms. The Morgan fingerprint density at radius 3 is 2.00 bits per heavy atom. The van der Waals surface area contributed by atoms with Crippen molar-refractivity contribution in [3.8, 4) is 0 Å². The number of rotatable bonds is 3. The number of hydrogen-bond acceptors (Lipinski definition) is 0. The topological polar surface area (TPSA) is 0 Å². The van der Waals surface area contributed by atoms with Gasteiger partial charge in [-0.05, 0) is 29.6 Å². The molecule has 0 N–H and O–H groups in total. The Hall–Kier alpha value is -1.56. The fraction of sp³-hybridized carbons (Fsp3) is 0.250.